The van der Waals surface area contributed by atoms with E-state index in [2.05, 4.69) is 18.8 Å². The second-order valence-electron chi connectivity index (χ2n) is 2.16. The molecule has 0 saturated heterocycles. The van der Waals surface area contributed by atoms with Gasteiger partial charge in [0, 0.05) is 11.4 Å². The molecule has 0 amide bonds. The van der Waals surface area contributed by atoms with Crippen LogP contribution in [0.5, 0.6) is 0 Å². The number of aromatic nitrogens is 1. The molecule has 11 heavy (non-hydrogen) atoms. The lowest BCUT2D eigenvalue weighted by molar-refractivity contribution is 1.14. The van der Waals surface area contributed by atoms with Crippen LogP contribution in [0.1, 0.15) is 6.92 Å². The van der Waals surface area contributed by atoms with Crippen molar-refractivity contribution >= 4 is 21.6 Å². The van der Waals surface area contributed by atoms with Crippen LogP contribution in [0.2, 0.25) is 0 Å². The maximum atomic E-state index is 4.17. The van der Waals surface area contributed by atoms with Gasteiger partial charge in [-0.2, -0.15) is 0 Å². The van der Waals surface area contributed by atoms with Gasteiger partial charge in [0.2, 0.25) is 0 Å². The fraction of sp³-hybridized carbons (Fsp3) is 0.250. The summed E-state index contributed by atoms with van der Waals surface area (Å²) in [7, 11) is 3.40. The molecule has 1 heterocycles. The van der Waals surface area contributed by atoms with Crippen LogP contribution in [0.3, 0.4) is 0 Å². The number of rotatable bonds is 3. The third kappa shape index (κ3) is 3.68. The molecule has 0 saturated carbocycles. The molecule has 1 aromatic heterocycles. The molecule has 0 aromatic carbocycles. The summed E-state index contributed by atoms with van der Waals surface area (Å²) in [6.07, 6.45) is 1.80. The van der Waals surface area contributed by atoms with Crippen molar-refractivity contribution in [1.82, 2.24) is 4.98 Å². The minimum Gasteiger partial charge on any atom is -0.249 e. The van der Waals surface area contributed by atoms with Crippen LogP contribution in [-0.2, 0) is 0 Å². The molecule has 1 rings (SSSR count). The van der Waals surface area contributed by atoms with Gasteiger partial charge >= 0.3 is 0 Å². The van der Waals surface area contributed by atoms with Crippen molar-refractivity contribution < 1.29 is 0 Å². The van der Waals surface area contributed by atoms with Crippen LogP contribution in [-0.4, -0.2) is 10.2 Å². The lowest BCUT2D eigenvalue weighted by Gasteiger charge is -2.01. The number of hydrogen-bond acceptors (Lipinski definition) is 3. The van der Waals surface area contributed by atoms with E-state index in [-0.39, 0.29) is 0 Å². The lowest BCUT2D eigenvalue weighted by Crippen LogP contribution is -1.82. The Hall–Kier alpha value is -0.150. The number of pyridine rings is 1. The smallest absolute Gasteiger partial charge is 0.106 e. The Balaban J connectivity index is 2.39. The van der Waals surface area contributed by atoms with Crippen LogP contribution in [0, 0.1) is 6.92 Å². The highest BCUT2D eigenvalue weighted by Crippen LogP contribution is 2.31. The zero-order chi connectivity index (χ0) is 8.10. The van der Waals surface area contributed by atoms with Crippen LogP contribution in [0.15, 0.2) is 29.4 Å². The molecule has 1 radical (unpaired) electrons. The Morgan fingerprint density at radius 1 is 1.55 bits per heavy atom. The van der Waals surface area contributed by atoms with Gasteiger partial charge in [0.05, 0.1) is 0 Å². The van der Waals surface area contributed by atoms with E-state index in [0.29, 0.717) is 5.25 Å². The van der Waals surface area contributed by atoms with E-state index in [0.717, 1.165) is 5.03 Å². The average Bonchev–Trinajstić information content (AvgIpc) is 2.03. The van der Waals surface area contributed by atoms with Crippen molar-refractivity contribution in [3.8, 4) is 0 Å². The van der Waals surface area contributed by atoms with Crippen molar-refractivity contribution in [3.63, 3.8) is 0 Å². The van der Waals surface area contributed by atoms with Crippen molar-refractivity contribution in [3.05, 3.63) is 31.3 Å². The van der Waals surface area contributed by atoms with Gasteiger partial charge in [-0.3, -0.25) is 0 Å². The fourth-order valence-electron chi connectivity index (χ4n) is 0.528. The predicted octanol–water partition coefficient (Wildman–Crippen LogP) is 3.04. The Kier molecular flexibility index (Phi) is 3.80. The summed E-state index contributed by atoms with van der Waals surface area (Å²) < 4.78 is 0. The van der Waals surface area contributed by atoms with Gasteiger partial charge in [0.25, 0.3) is 0 Å². The molecular formula is C8H10NS2. The van der Waals surface area contributed by atoms with Gasteiger partial charge in [0.1, 0.15) is 5.03 Å². The SMILES string of the molecule is [CH2][C@@H](C)SSc1ccccn1. The molecule has 0 aliphatic heterocycles. The summed E-state index contributed by atoms with van der Waals surface area (Å²) in [5.41, 5.74) is 0. The van der Waals surface area contributed by atoms with Crippen LogP contribution in [0.4, 0.5) is 0 Å². The van der Waals surface area contributed by atoms with E-state index in [1.165, 1.54) is 0 Å². The van der Waals surface area contributed by atoms with Crippen molar-refractivity contribution in [1.29, 1.82) is 0 Å². The van der Waals surface area contributed by atoms with E-state index >= 15 is 0 Å². The van der Waals surface area contributed by atoms with Gasteiger partial charge in [-0.15, -0.1) is 0 Å². The molecule has 59 valence electrons. The Labute approximate surface area is 75.4 Å². The molecule has 3 heteroatoms. The molecule has 0 fully saturated rings. The molecule has 0 spiro atoms. The van der Waals surface area contributed by atoms with E-state index in [9.17, 15) is 0 Å². The largest absolute Gasteiger partial charge is 0.249 e. The highest BCUT2D eigenvalue weighted by Gasteiger charge is 1.97. The van der Waals surface area contributed by atoms with Crippen molar-refractivity contribution in [2.45, 2.75) is 17.2 Å². The number of nitrogens with zero attached hydrogens (tertiary/aromatic N) is 1. The topological polar surface area (TPSA) is 12.9 Å². The summed E-state index contributed by atoms with van der Waals surface area (Å²) in [4.78, 5) is 4.17. The monoisotopic (exact) mass is 184 g/mol. The van der Waals surface area contributed by atoms with E-state index < -0.39 is 0 Å². The summed E-state index contributed by atoms with van der Waals surface area (Å²) >= 11 is 0. The second kappa shape index (κ2) is 4.67. The van der Waals surface area contributed by atoms with Gasteiger partial charge in [-0.1, -0.05) is 23.8 Å². The Morgan fingerprint density at radius 3 is 2.91 bits per heavy atom. The predicted molar refractivity (Wildman–Crippen MR) is 52.5 cm³/mol. The summed E-state index contributed by atoms with van der Waals surface area (Å²) in [5, 5.41) is 1.45. The minimum absolute atomic E-state index is 0.405. The first-order chi connectivity index (χ1) is 5.29. The normalized spacial score (nSPS) is 10.5. The first kappa shape index (κ1) is 8.94. The third-order valence-corrected chi connectivity index (χ3v) is 3.56. The molecule has 1 nitrogen and oxygen atoms in total. The molecular weight excluding hydrogens is 174 g/mol. The van der Waals surface area contributed by atoms with Gasteiger partial charge in [-0.05, 0) is 29.9 Å². The van der Waals surface area contributed by atoms with Crippen molar-refractivity contribution in [2.24, 2.45) is 0 Å². The Bertz CT molecular complexity index is 199. The number of hydrogen-bond donors (Lipinski definition) is 0. The zero-order valence-electron chi connectivity index (χ0n) is 6.36. The van der Waals surface area contributed by atoms with E-state index in [4.69, 9.17) is 0 Å². The minimum atomic E-state index is 0.405. The highest BCUT2D eigenvalue weighted by molar-refractivity contribution is 8.76. The van der Waals surface area contributed by atoms with Gasteiger partial charge < -0.3 is 0 Å². The third-order valence-electron chi connectivity index (χ3n) is 0.936. The molecule has 0 N–H and O–H groups in total. The molecule has 0 aliphatic rings. The average molecular weight is 184 g/mol. The fourth-order valence-corrected chi connectivity index (χ4v) is 2.11. The van der Waals surface area contributed by atoms with Gasteiger partial charge in [0.15, 0.2) is 0 Å². The molecule has 1 aromatic rings. The second-order valence-corrected chi connectivity index (χ2v) is 4.82. The van der Waals surface area contributed by atoms with E-state index in [1.54, 1.807) is 27.8 Å². The Morgan fingerprint density at radius 2 is 2.36 bits per heavy atom. The molecule has 0 aliphatic carbocycles. The first-order valence-corrected chi connectivity index (χ1v) is 5.58. The zero-order valence-corrected chi connectivity index (χ0v) is 7.99. The van der Waals surface area contributed by atoms with Crippen LogP contribution < -0.4 is 0 Å². The quantitative estimate of drug-likeness (QED) is 0.670. The van der Waals surface area contributed by atoms with Crippen LogP contribution >= 0.6 is 21.6 Å². The maximum Gasteiger partial charge on any atom is 0.106 e. The van der Waals surface area contributed by atoms with Gasteiger partial charge in [-0.25, -0.2) is 4.98 Å². The highest BCUT2D eigenvalue weighted by atomic mass is 33.1. The maximum absolute atomic E-state index is 4.17. The first-order valence-electron chi connectivity index (χ1n) is 3.36. The van der Waals surface area contributed by atoms with E-state index in [1.807, 2.05) is 18.2 Å². The summed E-state index contributed by atoms with van der Waals surface area (Å²) in [6, 6.07) is 5.91. The molecule has 0 unspecified atom stereocenters. The lowest BCUT2D eigenvalue weighted by atomic mass is 10.5. The summed E-state index contributed by atoms with van der Waals surface area (Å²) in [5.74, 6) is 0. The van der Waals surface area contributed by atoms with Crippen LogP contribution in [0.25, 0.3) is 0 Å². The standard InChI is InChI=1S/C8H10NS2/c1-7(2)10-11-8-5-3-4-6-9-8/h3-7H,1H2,2H3/t7-/m0/s1. The summed E-state index contributed by atoms with van der Waals surface area (Å²) in [6.45, 7) is 5.94. The molecule has 1 atom stereocenters. The molecule has 0 bridgehead atoms. The van der Waals surface area contributed by atoms with Crippen molar-refractivity contribution in [2.75, 3.05) is 0 Å².